The summed E-state index contributed by atoms with van der Waals surface area (Å²) in [4.78, 5) is 6.48. The van der Waals surface area contributed by atoms with E-state index in [1.807, 2.05) is 13.8 Å². The van der Waals surface area contributed by atoms with Gasteiger partial charge in [0.05, 0.1) is 24.6 Å². The lowest BCUT2D eigenvalue weighted by Crippen LogP contribution is -2.54. The fraction of sp³-hybridized carbons (Fsp3) is 0.950. The van der Waals surface area contributed by atoms with Crippen LogP contribution in [0.15, 0.2) is 4.99 Å². The molecule has 0 unspecified atom stereocenters. The van der Waals surface area contributed by atoms with Crippen molar-refractivity contribution in [1.82, 2.24) is 14.5 Å². The lowest BCUT2D eigenvalue weighted by Gasteiger charge is -2.35. The number of piperazine rings is 1. The van der Waals surface area contributed by atoms with E-state index in [0.29, 0.717) is 32.3 Å². The lowest BCUT2D eigenvalue weighted by atomic mass is 9.98. The molecule has 0 aromatic rings. The molecule has 0 atom stereocenters. The van der Waals surface area contributed by atoms with Gasteiger partial charge < -0.3 is 19.7 Å². The Balaban J connectivity index is 0.00000450. The summed E-state index contributed by atoms with van der Waals surface area (Å²) in [7, 11) is -1.49. The maximum absolute atomic E-state index is 12.5. The molecular weight excluding hydrogens is 519 g/mol. The minimum Gasteiger partial charge on any atom is -0.378 e. The number of nitrogens with zero attached hydrogens (tertiary/aromatic N) is 3. The van der Waals surface area contributed by atoms with Crippen LogP contribution in [0.2, 0.25) is 0 Å². The summed E-state index contributed by atoms with van der Waals surface area (Å²) in [6.45, 7) is 7.89. The summed E-state index contributed by atoms with van der Waals surface area (Å²) in [6.07, 6.45) is 7.77. The molecule has 0 bridgehead atoms. The number of sulfonamides is 1. The highest BCUT2D eigenvalue weighted by molar-refractivity contribution is 14.0. The van der Waals surface area contributed by atoms with Gasteiger partial charge in [0.15, 0.2) is 5.96 Å². The van der Waals surface area contributed by atoms with Gasteiger partial charge in [-0.05, 0) is 33.1 Å². The van der Waals surface area contributed by atoms with E-state index in [1.165, 1.54) is 32.1 Å². The monoisotopic (exact) mass is 560 g/mol. The minimum atomic E-state index is -3.27. The molecule has 8 nitrogen and oxygen atoms in total. The Hall–Kier alpha value is -0.170. The van der Waals surface area contributed by atoms with Gasteiger partial charge in [-0.25, -0.2) is 8.42 Å². The Morgan fingerprint density at radius 3 is 2.37 bits per heavy atom. The van der Waals surface area contributed by atoms with Crippen LogP contribution in [-0.4, -0.2) is 94.5 Å². The molecule has 0 radical (unpaired) electrons. The standard InChI is InChI=1S/C20H40N4O4S.HI/c1-18(2)27-16-17-29(25,26)24-13-11-23(12-14-24)20(21-3)22-10-7-15-28-19-8-5-4-6-9-19;/h18-19H,4-17H2,1-3H3,(H,21,22);1H. The van der Waals surface area contributed by atoms with E-state index in [9.17, 15) is 8.42 Å². The normalized spacial score (nSPS) is 19.7. The summed E-state index contributed by atoms with van der Waals surface area (Å²) in [6, 6.07) is 0. The van der Waals surface area contributed by atoms with Crippen LogP contribution in [-0.2, 0) is 19.5 Å². The summed E-state index contributed by atoms with van der Waals surface area (Å²) in [5, 5.41) is 3.39. The highest BCUT2D eigenvalue weighted by atomic mass is 127. The summed E-state index contributed by atoms with van der Waals surface area (Å²) in [5.41, 5.74) is 0. The van der Waals surface area contributed by atoms with Crippen LogP contribution in [0.3, 0.4) is 0 Å². The topological polar surface area (TPSA) is 83.5 Å². The number of aliphatic imine (C=N–C) groups is 1. The second-order valence-corrected chi connectivity index (χ2v) is 10.2. The third-order valence-electron chi connectivity index (χ3n) is 5.45. The van der Waals surface area contributed by atoms with E-state index in [4.69, 9.17) is 9.47 Å². The first-order valence-corrected chi connectivity index (χ1v) is 12.7. The summed E-state index contributed by atoms with van der Waals surface area (Å²) >= 11 is 0. The second kappa shape index (κ2) is 14.8. The number of hydrogen-bond donors (Lipinski definition) is 1. The molecule has 0 amide bonds. The van der Waals surface area contributed by atoms with Crippen LogP contribution >= 0.6 is 24.0 Å². The first-order chi connectivity index (χ1) is 13.9. The number of ether oxygens (including phenoxy) is 2. The highest BCUT2D eigenvalue weighted by Crippen LogP contribution is 2.20. The van der Waals surface area contributed by atoms with Crippen molar-refractivity contribution in [2.75, 3.05) is 58.7 Å². The van der Waals surface area contributed by atoms with E-state index in [2.05, 4.69) is 15.2 Å². The number of rotatable bonds is 10. The molecule has 0 aromatic heterocycles. The maximum Gasteiger partial charge on any atom is 0.216 e. The van der Waals surface area contributed by atoms with Crippen LogP contribution in [0.1, 0.15) is 52.4 Å². The SMILES string of the molecule is CN=C(NCCCOC1CCCCC1)N1CCN(S(=O)(=O)CCOC(C)C)CC1.I. The summed E-state index contributed by atoms with van der Waals surface area (Å²) < 4.78 is 37.8. The predicted octanol–water partition coefficient (Wildman–Crippen LogP) is 2.29. The smallest absolute Gasteiger partial charge is 0.216 e. The van der Waals surface area contributed by atoms with Gasteiger partial charge in [0.2, 0.25) is 10.0 Å². The Morgan fingerprint density at radius 1 is 1.10 bits per heavy atom. The van der Waals surface area contributed by atoms with Crippen molar-refractivity contribution in [3.8, 4) is 0 Å². The van der Waals surface area contributed by atoms with Crippen LogP contribution < -0.4 is 5.32 Å². The van der Waals surface area contributed by atoms with Gasteiger partial charge in [-0.15, -0.1) is 24.0 Å². The highest BCUT2D eigenvalue weighted by Gasteiger charge is 2.28. The van der Waals surface area contributed by atoms with E-state index in [0.717, 1.165) is 25.5 Å². The third-order valence-corrected chi connectivity index (χ3v) is 7.28. The number of guanidine groups is 1. The van der Waals surface area contributed by atoms with E-state index >= 15 is 0 Å². The third kappa shape index (κ3) is 9.97. The maximum atomic E-state index is 12.5. The molecule has 2 aliphatic rings. The van der Waals surface area contributed by atoms with Crippen molar-refractivity contribution in [3.05, 3.63) is 0 Å². The van der Waals surface area contributed by atoms with Gasteiger partial charge in [0, 0.05) is 46.4 Å². The van der Waals surface area contributed by atoms with E-state index < -0.39 is 10.0 Å². The molecule has 1 aliphatic carbocycles. The zero-order valence-electron chi connectivity index (χ0n) is 18.8. The van der Waals surface area contributed by atoms with Gasteiger partial charge in [-0.2, -0.15) is 4.31 Å². The molecule has 0 aromatic carbocycles. The Morgan fingerprint density at radius 2 is 1.77 bits per heavy atom. The lowest BCUT2D eigenvalue weighted by molar-refractivity contribution is 0.0276. The average molecular weight is 561 g/mol. The largest absolute Gasteiger partial charge is 0.378 e. The van der Waals surface area contributed by atoms with Crippen LogP contribution in [0, 0.1) is 0 Å². The average Bonchev–Trinajstić information content (AvgIpc) is 2.71. The van der Waals surface area contributed by atoms with E-state index in [1.54, 1.807) is 11.4 Å². The quantitative estimate of drug-likeness (QED) is 0.191. The van der Waals surface area contributed by atoms with Crippen molar-refractivity contribution in [2.24, 2.45) is 4.99 Å². The van der Waals surface area contributed by atoms with Crippen LogP contribution in [0.4, 0.5) is 0 Å². The van der Waals surface area contributed by atoms with Crippen molar-refractivity contribution in [2.45, 2.75) is 64.6 Å². The minimum absolute atomic E-state index is 0. The van der Waals surface area contributed by atoms with Gasteiger partial charge in [0.1, 0.15) is 0 Å². The van der Waals surface area contributed by atoms with Crippen LogP contribution in [0.25, 0.3) is 0 Å². The Labute approximate surface area is 200 Å². The Bertz CT molecular complexity index is 590. The molecule has 2 fully saturated rings. The number of nitrogens with one attached hydrogen (secondary N) is 1. The van der Waals surface area contributed by atoms with Crippen molar-refractivity contribution in [3.63, 3.8) is 0 Å². The fourth-order valence-electron chi connectivity index (χ4n) is 3.78. The molecule has 1 heterocycles. The van der Waals surface area contributed by atoms with E-state index in [-0.39, 0.29) is 42.4 Å². The zero-order valence-corrected chi connectivity index (χ0v) is 22.0. The Kier molecular flexibility index (Phi) is 13.8. The first kappa shape index (κ1) is 27.9. The van der Waals surface area contributed by atoms with Gasteiger partial charge >= 0.3 is 0 Å². The molecular formula is C20H41IN4O4S. The molecule has 1 N–H and O–H groups in total. The predicted molar refractivity (Wildman–Crippen MR) is 132 cm³/mol. The van der Waals surface area contributed by atoms with Gasteiger partial charge in [-0.3, -0.25) is 4.99 Å². The second-order valence-electron chi connectivity index (χ2n) is 8.08. The number of hydrogen-bond acceptors (Lipinski definition) is 5. The molecule has 178 valence electrons. The zero-order chi connectivity index (χ0) is 21.1. The van der Waals surface area contributed by atoms with Gasteiger partial charge in [0.25, 0.3) is 0 Å². The number of halogens is 1. The molecule has 10 heteroatoms. The molecule has 2 rings (SSSR count). The van der Waals surface area contributed by atoms with Crippen molar-refractivity contribution < 1.29 is 17.9 Å². The molecule has 1 saturated heterocycles. The van der Waals surface area contributed by atoms with Crippen molar-refractivity contribution in [1.29, 1.82) is 0 Å². The van der Waals surface area contributed by atoms with Crippen LogP contribution in [0.5, 0.6) is 0 Å². The molecule has 30 heavy (non-hydrogen) atoms. The molecule has 1 saturated carbocycles. The first-order valence-electron chi connectivity index (χ1n) is 11.1. The fourth-order valence-corrected chi connectivity index (χ4v) is 5.07. The molecule has 1 aliphatic heterocycles. The van der Waals surface area contributed by atoms with Gasteiger partial charge in [-0.1, -0.05) is 19.3 Å². The molecule has 0 spiro atoms. The van der Waals surface area contributed by atoms with Crippen molar-refractivity contribution >= 4 is 40.0 Å². The summed E-state index contributed by atoms with van der Waals surface area (Å²) in [5.74, 6) is 0.877.